The van der Waals surface area contributed by atoms with Crippen molar-refractivity contribution in [1.29, 1.82) is 5.26 Å². The summed E-state index contributed by atoms with van der Waals surface area (Å²) in [4.78, 5) is 4.08. The number of ether oxygens (including phenoxy) is 1. The van der Waals surface area contributed by atoms with Gasteiger partial charge in [0.25, 0.3) is 0 Å². The molecule has 0 aromatic carbocycles. The average molecular weight is 195 g/mol. The van der Waals surface area contributed by atoms with Crippen LogP contribution in [-0.4, -0.2) is 4.98 Å². The number of aryl methyl sites for hydroxylation is 1. The Hall–Kier alpha value is -1.11. The molecule has 0 saturated heterocycles. The lowest BCUT2D eigenvalue weighted by molar-refractivity contribution is 0.134. The van der Waals surface area contributed by atoms with Crippen LogP contribution in [-0.2, 0) is 18.0 Å². The zero-order valence-corrected chi connectivity index (χ0v) is 7.85. The molecule has 0 saturated carbocycles. The standard InChI is InChI=1S/C9H7ClN2O/c1-5-7-3-13-4-8(7)6(2-11)9(10)12-5/h3-4H2,1H3. The number of nitrogens with zero attached hydrogens (tertiary/aromatic N) is 2. The summed E-state index contributed by atoms with van der Waals surface area (Å²) < 4.78 is 5.24. The number of aromatic nitrogens is 1. The van der Waals surface area contributed by atoms with Crippen molar-refractivity contribution in [2.75, 3.05) is 0 Å². The van der Waals surface area contributed by atoms with Crippen LogP contribution < -0.4 is 0 Å². The van der Waals surface area contributed by atoms with E-state index in [2.05, 4.69) is 4.98 Å². The quantitative estimate of drug-likeness (QED) is 0.593. The molecule has 0 spiro atoms. The molecule has 0 fully saturated rings. The van der Waals surface area contributed by atoms with Crippen molar-refractivity contribution < 1.29 is 4.74 Å². The summed E-state index contributed by atoms with van der Waals surface area (Å²) in [6.07, 6.45) is 0. The third-order valence-electron chi connectivity index (χ3n) is 2.18. The lowest BCUT2D eigenvalue weighted by Crippen LogP contribution is -1.97. The Labute approximate surface area is 80.9 Å². The summed E-state index contributed by atoms with van der Waals surface area (Å²) in [6, 6.07) is 2.05. The lowest BCUT2D eigenvalue weighted by Gasteiger charge is -2.04. The highest BCUT2D eigenvalue weighted by Gasteiger charge is 2.21. The fourth-order valence-electron chi connectivity index (χ4n) is 1.48. The molecule has 0 bridgehead atoms. The highest BCUT2D eigenvalue weighted by Crippen LogP contribution is 2.28. The van der Waals surface area contributed by atoms with Crippen LogP contribution in [0.15, 0.2) is 0 Å². The molecule has 1 aliphatic rings. The SMILES string of the molecule is Cc1nc(Cl)c(C#N)c2c1COC2. The molecule has 0 N–H and O–H groups in total. The van der Waals surface area contributed by atoms with Gasteiger partial charge in [-0.2, -0.15) is 5.26 Å². The summed E-state index contributed by atoms with van der Waals surface area (Å²) >= 11 is 5.82. The van der Waals surface area contributed by atoms with Crippen molar-refractivity contribution in [3.05, 3.63) is 27.5 Å². The van der Waals surface area contributed by atoms with Gasteiger partial charge in [-0.1, -0.05) is 11.6 Å². The summed E-state index contributed by atoms with van der Waals surface area (Å²) in [7, 11) is 0. The number of fused-ring (bicyclic) bond motifs is 1. The van der Waals surface area contributed by atoms with Crippen LogP contribution in [0.1, 0.15) is 22.4 Å². The predicted molar refractivity (Wildman–Crippen MR) is 47.2 cm³/mol. The Morgan fingerprint density at radius 2 is 2.15 bits per heavy atom. The van der Waals surface area contributed by atoms with Gasteiger partial charge in [-0.3, -0.25) is 0 Å². The van der Waals surface area contributed by atoms with E-state index >= 15 is 0 Å². The number of nitriles is 1. The molecule has 4 heteroatoms. The summed E-state index contributed by atoms with van der Waals surface area (Å²) in [6.45, 7) is 2.89. The van der Waals surface area contributed by atoms with Gasteiger partial charge < -0.3 is 4.74 Å². The zero-order valence-electron chi connectivity index (χ0n) is 7.09. The molecule has 1 aromatic rings. The molecular weight excluding hydrogens is 188 g/mol. The van der Waals surface area contributed by atoms with E-state index in [1.807, 2.05) is 13.0 Å². The van der Waals surface area contributed by atoms with Crippen LogP contribution in [0.2, 0.25) is 5.15 Å². The Balaban J connectivity index is 2.74. The molecule has 0 aliphatic carbocycles. The first kappa shape index (κ1) is 8.49. The summed E-state index contributed by atoms with van der Waals surface area (Å²) in [5, 5.41) is 9.13. The molecule has 1 aromatic heterocycles. The van der Waals surface area contributed by atoms with Gasteiger partial charge >= 0.3 is 0 Å². The fraction of sp³-hybridized carbons (Fsp3) is 0.333. The van der Waals surface area contributed by atoms with Crippen LogP contribution in [0, 0.1) is 18.3 Å². The first-order valence-electron chi connectivity index (χ1n) is 3.89. The molecule has 0 atom stereocenters. The van der Waals surface area contributed by atoms with Gasteiger partial charge in [-0.05, 0) is 6.92 Å². The smallest absolute Gasteiger partial charge is 0.147 e. The second-order valence-electron chi connectivity index (χ2n) is 2.92. The molecule has 0 amide bonds. The number of rotatable bonds is 0. The monoisotopic (exact) mass is 194 g/mol. The van der Waals surface area contributed by atoms with Gasteiger partial charge in [0.1, 0.15) is 11.2 Å². The van der Waals surface area contributed by atoms with Gasteiger partial charge in [-0.25, -0.2) is 4.98 Å². The maximum absolute atomic E-state index is 8.84. The third kappa shape index (κ3) is 1.19. The van der Waals surface area contributed by atoms with Crippen molar-refractivity contribution >= 4 is 11.6 Å². The average Bonchev–Trinajstić information content (AvgIpc) is 2.53. The number of halogens is 1. The molecule has 0 radical (unpaired) electrons. The number of pyridine rings is 1. The molecule has 3 nitrogen and oxygen atoms in total. The molecule has 0 unspecified atom stereocenters. The molecule has 13 heavy (non-hydrogen) atoms. The largest absolute Gasteiger partial charge is 0.372 e. The molecule has 1 aliphatic heterocycles. The Morgan fingerprint density at radius 3 is 2.85 bits per heavy atom. The molecular formula is C9H7ClN2O. The van der Waals surface area contributed by atoms with E-state index in [-0.39, 0.29) is 5.15 Å². The highest BCUT2D eigenvalue weighted by molar-refractivity contribution is 6.30. The first-order chi connectivity index (χ1) is 6.24. The lowest BCUT2D eigenvalue weighted by atomic mass is 10.1. The van der Waals surface area contributed by atoms with Crippen LogP contribution in [0.3, 0.4) is 0 Å². The van der Waals surface area contributed by atoms with E-state index in [9.17, 15) is 0 Å². The van der Waals surface area contributed by atoms with E-state index in [1.54, 1.807) is 0 Å². The van der Waals surface area contributed by atoms with Crippen molar-refractivity contribution in [3.8, 4) is 6.07 Å². The van der Waals surface area contributed by atoms with E-state index in [0.717, 1.165) is 16.8 Å². The first-order valence-corrected chi connectivity index (χ1v) is 4.27. The number of hydrogen-bond acceptors (Lipinski definition) is 3. The molecule has 2 rings (SSSR count). The fourth-order valence-corrected chi connectivity index (χ4v) is 1.77. The van der Waals surface area contributed by atoms with Crippen LogP contribution in [0.25, 0.3) is 0 Å². The maximum atomic E-state index is 8.84. The van der Waals surface area contributed by atoms with Gasteiger partial charge in [0.05, 0.1) is 18.8 Å². The highest BCUT2D eigenvalue weighted by atomic mass is 35.5. The van der Waals surface area contributed by atoms with Gasteiger partial charge in [0.2, 0.25) is 0 Å². The van der Waals surface area contributed by atoms with E-state index in [0.29, 0.717) is 18.8 Å². The number of hydrogen-bond donors (Lipinski definition) is 0. The van der Waals surface area contributed by atoms with Gasteiger partial charge in [0.15, 0.2) is 0 Å². The molecule has 2 heterocycles. The van der Waals surface area contributed by atoms with Crippen molar-refractivity contribution in [2.45, 2.75) is 20.1 Å². The zero-order chi connectivity index (χ0) is 9.42. The van der Waals surface area contributed by atoms with Crippen molar-refractivity contribution in [2.24, 2.45) is 0 Å². The van der Waals surface area contributed by atoms with E-state index < -0.39 is 0 Å². The maximum Gasteiger partial charge on any atom is 0.147 e. The van der Waals surface area contributed by atoms with Crippen molar-refractivity contribution in [1.82, 2.24) is 4.98 Å². The minimum atomic E-state index is 0.282. The minimum Gasteiger partial charge on any atom is -0.372 e. The molecule has 66 valence electrons. The Kier molecular flexibility index (Phi) is 1.95. The second kappa shape index (κ2) is 2.99. The van der Waals surface area contributed by atoms with Crippen LogP contribution >= 0.6 is 11.6 Å². The van der Waals surface area contributed by atoms with Gasteiger partial charge in [-0.15, -0.1) is 0 Å². The van der Waals surface area contributed by atoms with Crippen LogP contribution in [0.5, 0.6) is 0 Å². The topological polar surface area (TPSA) is 45.9 Å². The summed E-state index contributed by atoms with van der Waals surface area (Å²) in [5.41, 5.74) is 3.23. The summed E-state index contributed by atoms with van der Waals surface area (Å²) in [5.74, 6) is 0. The Bertz CT molecular complexity index is 409. The minimum absolute atomic E-state index is 0.282. The normalized spacial score (nSPS) is 13.9. The van der Waals surface area contributed by atoms with E-state index in [4.69, 9.17) is 21.6 Å². The van der Waals surface area contributed by atoms with Crippen LogP contribution in [0.4, 0.5) is 0 Å². The predicted octanol–water partition coefficient (Wildman–Crippen LogP) is 1.95. The second-order valence-corrected chi connectivity index (χ2v) is 3.28. The Morgan fingerprint density at radius 1 is 1.46 bits per heavy atom. The van der Waals surface area contributed by atoms with Crippen molar-refractivity contribution in [3.63, 3.8) is 0 Å². The van der Waals surface area contributed by atoms with Gasteiger partial charge in [0, 0.05) is 16.8 Å². The third-order valence-corrected chi connectivity index (χ3v) is 2.45. The van der Waals surface area contributed by atoms with E-state index in [1.165, 1.54) is 0 Å².